The second kappa shape index (κ2) is 13.9. The van der Waals surface area contributed by atoms with E-state index in [1.165, 1.54) is 18.4 Å². The number of hydrogen-bond acceptors (Lipinski definition) is 7. The normalized spacial score (nSPS) is 12.8. The average Bonchev–Trinajstić information content (AvgIpc) is 3.45. The summed E-state index contributed by atoms with van der Waals surface area (Å²) in [5.74, 6) is -1.26. The Morgan fingerprint density at radius 1 is 0.952 bits per heavy atom. The molecule has 10 heteroatoms. The lowest BCUT2D eigenvalue weighted by atomic mass is 9.89. The Morgan fingerprint density at radius 3 is 2.19 bits per heavy atom. The molecule has 42 heavy (non-hydrogen) atoms. The van der Waals surface area contributed by atoms with Crippen molar-refractivity contribution in [3.63, 3.8) is 0 Å². The monoisotopic (exact) mass is 588 g/mol. The van der Waals surface area contributed by atoms with Crippen LogP contribution < -0.4 is 9.46 Å². The summed E-state index contributed by atoms with van der Waals surface area (Å²) in [5, 5.41) is 18.2. The topological polar surface area (TPSA) is 147 Å². The van der Waals surface area contributed by atoms with E-state index >= 15 is 0 Å². The molecule has 0 aliphatic heterocycles. The van der Waals surface area contributed by atoms with Crippen molar-refractivity contribution in [2.75, 3.05) is 0 Å². The van der Waals surface area contributed by atoms with E-state index in [2.05, 4.69) is 4.72 Å². The fourth-order valence-electron chi connectivity index (χ4n) is 4.44. The number of carboxylic acid groups (broad SMARTS) is 1. The number of Topliss-reactive ketones (excluding diaryl/α,β-unsaturated/α-hetero) is 1. The number of ketones is 1. The minimum Gasteiger partial charge on any atom is -0.489 e. The third-order valence-electron chi connectivity index (χ3n) is 6.72. The van der Waals surface area contributed by atoms with Gasteiger partial charge in [-0.15, -0.1) is 0 Å². The van der Waals surface area contributed by atoms with Crippen LogP contribution in [0.1, 0.15) is 41.7 Å². The molecular formula is C32H32N2O7S. The highest BCUT2D eigenvalue weighted by atomic mass is 32.2. The van der Waals surface area contributed by atoms with E-state index in [9.17, 15) is 23.1 Å². The number of carboxylic acids is 1. The minimum absolute atomic E-state index is 0.0513. The largest absolute Gasteiger partial charge is 0.489 e. The van der Waals surface area contributed by atoms with E-state index in [-0.39, 0.29) is 35.0 Å². The van der Waals surface area contributed by atoms with Gasteiger partial charge in [0.15, 0.2) is 5.78 Å². The van der Waals surface area contributed by atoms with Crippen LogP contribution in [0.2, 0.25) is 0 Å². The Morgan fingerprint density at radius 2 is 1.57 bits per heavy atom. The SMILES string of the molecule is CCC(C(=N)C(=O)Cc1ccc(COc2ccccc2)cc1)c1coc(CC(NS(=O)(=O)c2ccccc2)C(=O)O)c1. The first-order valence-corrected chi connectivity index (χ1v) is 14.9. The van der Waals surface area contributed by atoms with Crippen LogP contribution in [0.3, 0.4) is 0 Å². The molecule has 1 aromatic heterocycles. The summed E-state index contributed by atoms with van der Waals surface area (Å²) in [4.78, 5) is 24.8. The molecule has 0 amide bonds. The van der Waals surface area contributed by atoms with Gasteiger partial charge in [-0.3, -0.25) is 9.59 Å². The summed E-state index contributed by atoms with van der Waals surface area (Å²) >= 11 is 0. The Bertz CT molecular complexity index is 1620. The molecule has 0 aliphatic rings. The lowest BCUT2D eigenvalue weighted by Crippen LogP contribution is -2.42. The number of benzene rings is 3. The molecule has 1 heterocycles. The van der Waals surface area contributed by atoms with Gasteiger partial charge in [0, 0.05) is 18.8 Å². The highest BCUT2D eigenvalue weighted by molar-refractivity contribution is 7.89. The molecule has 0 saturated carbocycles. The van der Waals surface area contributed by atoms with E-state index in [0.29, 0.717) is 18.6 Å². The van der Waals surface area contributed by atoms with E-state index < -0.39 is 28.0 Å². The number of para-hydroxylation sites is 1. The molecule has 9 nitrogen and oxygen atoms in total. The first kappa shape index (κ1) is 30.4. The molecule has 218 valence electrons. The maximum Gasteiger partial charge on any atom is 0.322 e. The van der Waals surface area contributed by atoms with Gasteiger partial charge in [0.2, 0.25) is 10.0 Å². The maximum atomic E-state index is 13.0. The van der Waals surface area contributed by atoms with Crippen LogP contribution in [0.15, 0.2) is 107 Å². The van der Waals surface area contributed by atoms with Gasteiger partial charge in [0.05, 0.1) is 16.9 Å². The molecule has 2 atom stereocenters. The summed E-state index contributed by atoms with van der Waals surface area (Å²) < 4.78 is 38.8. The molecule has 0 radical (unpaired) electrons. The lowest BCUT2D eigenvalue weighted by Gasteiger charge is -2.14. The Kier molecular flexibility index (Phi) is 10.1. The first-order chi connectivity index (χ1) is 20.2. The van der Waals surface area contributed by atoms with Gasteiger partial charge in [0.25, 0.3) is 0 Å². The van der Waals surface area contributed by atoms with Crippen LogP contribution in [-0.2, 0) is 39.1 Å². The number of carbonyl (C=O) groups is 2. The number of aliphatic carboxylic acids is 1. The molecular weight excluding hydrogens is 556 g/mol. The van der Waals surface area contributed by atoms with Crippen molar-refractivity contribution in [1.82, 2.24) is 4.72 Å². The Balaban J connectivity index is 1.36. The van der Waals surface area contributed by atoms with Crippen molar-refractivity contribution >= 4 is 27.5 Å². The van der Waals surface area contributed by atoms with Crippen molar-refractivity contribution < 1.29 is 32.3 Å². The van der Waals surface area contributed by atoms with E-state index in [0.717, 1.165) is 16.9 Å². The predicted octanol–water partition coefficient (Wildman–Crippen LogP) is 5.16. The van der Waals surface area contributed by atoms with Crippen molar-refractivity contribution in [3.8, 4) is 5.75 Å². The fourth-order valence-corrected chi connectivity index (χ4v) is 5.65. The highest BCUT2D eigenvalue weighted by Crippen LogP contribution is 2.25. The number of rotatable bonds is 15. The molecule has 0 saturated heterocycles. The predicted molar refractivity (Wildman–Crippen MR) is 157 cm³/mol. The van der Waals surface area contributed by atoms with Crippen LogP contribution in [0, 0.1) is 5.41 Å². The van der Waals surface area contributed by atoms with Crippen molar-refractivity contribution in [2.24, 2.45) is 0 Å². The van der Waals surface area contributed by atoms with Crippen LogP contribution in [-0.4, -0.2) is 37.0 Å². The van der Waals surface area contributed by atoms with Gasteiger partial charge in [-0.1, -0.05) is 67.6 Å². The third kappa shape index (κ3) is 8.02. The zero-order valence-corrected chi connectivity index (χ0v) is 23.8. The number of furan rings is 1. The number of sulfonamides is 1. The second-order valence-electron chi connectivity index (χ2n) is 9.77. The molecule has 0 aliphatic carbocycles. The van der Waals surface area contributed by atoms with Crippen LogP contribution in [0.25, 0.3) is 0 Å². The fraction of sp³-hybridized carbons (Fsp3) is 0.219. The molecule has 3 aromatic carbocycles. The summed E-state index contributed by atoms with van der Waals surface area (Å²) in [7, 11) is -4.07. The maximum absolute atomic E-state index is 13.0. The smallest absolute Gasteiger partial charge is 0.322 e. The molecule has 0 bridgehead atoms. The van der Waals surface area contributed by atoms with Gasteiger partial charge in [-0.2, -0.15) is 4.72 Å². The Labute approximate surface area is 244 Å². The summed E-state index contributed by atoms with van der Waals surface area (Å²) in [5.41, 5.74) is 2.19. The van der Waals surface area contributed by atoms with Gasteiger partial charge in [0.1, 0.15) is 24.2 Å². The quantitative estimate of drug-likeness (QED) is 0.163. The summed E-state index contributed by atoms with van der Waals surface area (Å²) in [6.07, 6.45) is 1.64. The third-order valence-corrected chi connectivity index (χ3v) is 8.21. The number of carbonyl (C=O) groups excluding carboxylic acids is 1. The lowest BCUT2D eigenvalue weighted by molar-refractivity contribution is -0.139. The van der Waals surface area contributed by atoms with Crippen LogP contribution in [0.5, 0.6) is 5.75 Å². The standard InChI is InChI=1S/C32H32N2O7S/c1-2-28(31(33)30(35)17-22-13-15-23(16-14-22)20-40-25-9-5-3-6-10-25)24-18-26(41-21-24)19-29(32(36)37)34-42(38,39)27-11-7-4-8-12-27/h3-16,18,21,28-29,33-34H,2,17,19-20H2,1H3,(H,36,37). The zero-order chi connectivity index (χ0) is 30.1. The van der Waals surface area contributed by atoms with Gasteiger partial charge in [-0.05, 0) is 53.4 Å². The number of hydrogen-bond donors (Lipinski definition) is 3. The van der Waals surface area contributed by atoms with E-state index in [1.54, 1.807) is 24.3 Å². The van der Waals surface area contributed by atoms with E-state index in [4.69, 9.17) is 14.6 Å². The molecule has 4 aromatic rings. The summed E-state index contributed by atoms with van der Waals surface area (Å²) in [6, 6.07) is 24.5. The number of nitrogens with one attached hydrogen (secondary N) is 2. The van der Waals surface area contributed by atoms with Gasteiger partial charge >= 0.3 is 5.97 Å². The first-order valence-electron chi connectivity index (χ1n) is 13.4. The molecule has 0 spiro atoms. The van der Waals surface area contributed by atoms with Gasteiger partial charge in [-0.25, -0.2) is 8.42 Å². The van der Waals surface area contributed by atoms with Crippen molar-refractivity contribution in [3.05, 3.63) is 120 Å². The summed E-state index contributed by atoms with van der Waals surface area (Å²) in [6.45, 7) is 2.24. The van der Waals surface area contributed by atoms with Gasteiger partial charge < -0.3 is 19.7 Å². The second-order valence-corrected chi connectivity index (χ2v) is 11.5. The molecule has 3 N–H and O–H groups in total. The molecule has 4 rings (SSSR count). The zero-order valence-electron chi connectivity index (χ0n) is 23.0. The minimum atomic E-state index is -4.07. The van der Waals surface area contributed by atoms with Crippen LogP contribution >= 0.6 is 0 Å². The van der Waals surface area contributed by atoms with E-state index in [1.807, 2.05) is 61.5 Å². The molecule has 0 fully saturated rings. The molecule has 2 unspecified atom stereocenters. The Hall–Kier alpha value is -4.54. The number of ether oxygens (including phenoxy) is 1. The van der Waals surface area contributed by atoms with Crippen LogP contribution in [0.4, 0.5) is 0 Å². The highest BCUT2D eigenvalue weighted by Gasteiger charge is 2.28. The van der Waals surface area contributed by atoms with Crippen molar-refractivity contribution in [1.29, 1.82) is 5.41 Å². The average molecular weight is 589 g/mol. The van der Waals surface area contributed by atoms with Crippen molar-refractivity contribution in [2.45, 2.75) is 49.6 Å².